The highest BCUT2D eigenvalue weighted by Gasteiger charge is 2.37. The standard InChI is InChI=1S/C24H27ClN4O/c25-17-8-10-23(20(14-17)21-11-12-27-28-21)30-24-19-6-2-1-4-16(19)7-9-22(24)29-13-3-5-18(26)15-29/h1-2,4,6,8,10-12,14,18,22,24H,3,5,7,9,13,15,26H2,(H,27,28)/t18-,22+,24+/m1/s1. The van der Waals surface area contributed by atoms with Crippen LogP contribution in [0.25, 0.3) is 11.3 Å². The number of aromatic nitrogens is 2. The van der Waals surface area contributed by atoms with Gasteiger partial charge >= 0.3 is 0 Å². The van der Waals surface area contributed by atoms with Gasteiger partial charge in [0.2, 0.25) is 0 Å². The molecular formula is C24H27ClN4O. The molecule has 0 saturated carbocycles. The van der Waals surface area contributed by atoms with Crippen LogP contribution in [-0.4, -0.2) is 40.3 Å². The Morgan fingerprint density at radius 1 is 1.13 bits per heavy atom. The molecule has 1 aliphatic carbocycles. The van der Waals surface area contributed by atoms with E-state index in [9.17, 15) is 0 Å². The van der Waals surface area contributed by atoms with Crippen molar-refractivity contribution in [2.24, 2.45) is 5.73 Å². The SMILES string of the molecule is N[C@@H]1CCCN([C@H]2CCc3ccccc3[C@@H]2Oc2ccc(Cl)cc2-c2ccn[nH]2)C1. The molecule has 1 fully saturated rings. The van der Waals surface area contributed by atoms with Crippen molar-refractivity contribution in [2.45, 2.75) is 43.9 Å². The molecule has 3 N–H and O–H groups in total. The van der Waals surface area contributed by atoms with E-state index in [0.29, 0.717) is 11.1 Å². The summed E-state index contributed by atoms with van der Waals surface area (Å²) in [4.78, 5) is 2.54. The lowest BCUT2D eigenvalue weighted by molar-refractivity contribution is 0.0370. The first kappa shape index (κ1) is 19.6. The Bertz CT molecular complexity index is 1010. The van der Waals surface area contributed by atoms with E-state index >= 15 is 0 Å². The molecule has 0 radical (unpaired) electrons. The fourth-order valence-corrected chi connectivity index (χ4v) is 5.09. The number of benzene rings is 2. The van der Waals surface area contributed by atoms with E-state index in [1.54, 1.807) is 6.20 Å². The van der Waals surface area contributed by atoms with Crippen LogP contribution in [0.3, 0.4) is 0 Å². The first-order valence-electron chi connectivity index (χ1n) is 10.7. The molecule has 0 unspecified atom stereocenters. The van der Waals surface area contributed by atoms with E-state index in [1.807, 2.05) is 24.3 Å². The number of H-pyrrole nitrogens is 1. The number of halogens is 1. The fraction of sp³-hybridized carbons (Fsp3) is 0.375. The summed E-state index contributed by atoms with van der Waals surface area (Å²) in [5.41, 5.74) is 10.8. The Hall–Kier alpha value is -2.34. The van der Waals surface area contributed by atoms with Crippen molar-refractivity contribution in [1.29, 1.82) is 0 Å². The van der Waals surface area contributed by atoms with Gasteiger partial charge in [0, 0.05) is 29.4 Å². The Morgan fingerprint density at radius 2 is 2.03 bits per heavy atom. The summed E-state index contributed by atoms with van der Waals surface area (Å²) < 4.78 is 6.80. The van der Waals surface area contributed by atoms with Crippen LogP contribution in [-0.2, 0) is 6.42 Å². The number of hydrogen-bond acceptors (Lipinski definition) is 4. The molecule has 5 rings (SSSR count). The molecule has 156 valence electrons. The molecule has 1 aliphatic heterocycles. The predicted octanol–water partition coefficient (Wildman–Crippen LogP) is 4.59. The average molecular weight is 423 g/mol. The van der Waals surface area contributed by atoms with E-state index in [-0.39, 0.29) is 12.1 Å². The molecule has 5 nitrogen and oxygen atoms in total. The Labute approximate surface area is 182 Å². The maximum absolute atomic E-state index is 6.80. The van der Waals surface area contributed by atoms with Crippen LogP contribution in [0.4, 0.5) is 0 Å². The second-order valence-electron chi connectivity index (χ2n) is 8.35. The van der Waals surface area contributed by atoms with Gasteiger partial charge in [0.1, 0.15) is 11.9 Å². The quantitative estimate of drug-likeness (QED) is 0.645. The zero-order chi connectivity index (χ0) is 20.5. The van der Waals surface area contributed by atoms with Gasteiger partial charge in [-0.15, -0.1) is 0 Å². The molecule has 1 aromatic heterocycles. The van der Waals surface area contributed by atoms with Gasteiger partial charge in [-0.05, 0) is 67.6 Å². The molecule has 6 heteroatoms. The second-order valence-corrected chi connectivity index (χ2v) is 8.79. The average Bonchev–Trinajstić information content (AvgIpc) is 3.30. The van der Waals surface area contributed by atoms with Gasteiger partial charge in [0.25, 0.3) is 0 Å². The summed E-state index contributed by atoms with van der Waals surface area (Å²) >= 11 is 6.31. The fourth-order valence-electron chi connectivity index (χ4n) is 4.92. The van der Waals surface area contributed by atoms with E-state index in [0.717, 1.165) is 55.8 Å². The minimum Gasteiger partial charge on any atom is -0.483 e. The smallest absolute Gasteiger partial charge is 0.139 e. The van der Waals surface area contributed by atoms with Crippen molar-refractivity contribution >= 4 is 11.6 Å². The Kier molecular flexibility index (Phi) is 5.50. The highest BCUT2D eigenvalue weighted by atomic mass is 35.5. The van der Waals surface area contributed by atoms with E-state index < -0.39 is 0 Å². The maximum Gasteiger partial charge on any atom is 0.139 e. The number of hydrogen-bond donors (Lipinski definition) is 2. The number of aryl methyl sites for hydroxylation is 1. The molecule has 3 aromatic rings. The van der Waals surface area contributed by atoms with E-state index in [2.05, 4.69) is 39.4 Å². The van der Waals surface area contributed by atoms with Crippen LogP contribution in [0.5, 0.6) is 5.75 Å². The van der Waals surface area contributed by atoms with Gasteiger partial charge in [-0.1, -0.05) is 35.9 Å². The van der Waals surface area contributed by atoms with Gasteiger partial charge in [-0.25, -0.2) is 0 Å². The topological polar surface area (TPSA) is 67.2 Å². The lowest BCUT2D eigenvalue weighted by atomic mass is 9.84. The Morgan fingerprint density at radius 3 is 2.87 bits per heavy atom. The van der Waals surface area contributed by atoms with Crippen LogP contribution in [0.1, 0.15) is 36.5 Å². The first-order chi connectivity index (χ1) is 14.7. The molecule has 0 bridgehead atoms. The lowest BCUT2D eigenvalue weighted by Crippen LogP contribution is -2.51. The second kappa shape index (κ2) is 8.42. The number of rotatable bonds is 4. The van der Waals surface area contributed by atoms with Crippen LogP contribution in [0, 0.1) is 0 Å². The largest absolute Gasteiger partial charge is 0.483 e. The monoisotopic (exact) mass is 422 g/mol. The number of ether oxygens (including phenoxy) is 1. The van der Waals surface area contributed by atoms with Crippen molar-refractivity contribution in [3.05, 3.63) is 70.9 Å². The number of aromatic amines is 1. The first-order valence-corrected chi connectivity index (χ1v) is 11.1. The third-order valence-electron chi connectivity index (χ3n) is 6.37. The predicted molar refractivity (Wildman–Crippen MR) is 120 cm³/mol. The zero-order valence-corrected chi connectivity index (χ0v) is 17.7. The number of nitrogens with zero attached hydrogens (tertiary/aromatic N) is 2. The molecular weight excluding hydrogens is 396 g/mol. The third-order valence-corrected chi connectivity index (χ3v) is 6.60. The Balaban J connectivity index is 1.53. The minimum atomic E-state index is -0.0527. The van der Waals surface area contributed by atoms with E-state index in [1.165, 1.54) is 11.1 Å². The van der Waals surface area contributed by atoms with Crippen molar-refractivity contribution in [3.8, 4) is 17.0 Å². The van der Waals surface area contributed by atoms with Crippen LogP contribution >= 0.6 is 11.6 Å². The molecule has 0 amide bonds. The number of nitrogens with two attached hydrogens (primary N) is 1. The molecule has 3 atom stereocenters. The zero-order valence-electron chi connectivity index (χ0n) is 16.9. The number of piperidine rings is 1. The summed E-state index contributed by atoms with van der Waals surface area (Å²) in [6, 6.07) is 16.9. The van der Waals surface area contributed by atoms with Gasteiger partial charge in [-0.3, -0.25) is 10.00 Å². The number of fused-ring (bicyclic) bond motifs is 1. The molecule has 30 heavy (non-hydrogen) atoms. The summed E-state index contributed by atoms with van der Waals surface area (Å²) in [7, 11) is 0. The third kappa shape index (κ3) is 3.85. The number of nitrogens with one attached hydrogen (secondary N) is 1. The van der Waals surface area contributed by atoms with E-state index in [4.69, 9.17) is 22.1 Å². The normalized spacial score (nSPS) is 24.4. The van der Waals surface area contributed by atoms with Gasteiger partial charge < -0.3 is 10.5 Å². The van der Waals surface area contributed by atoms with Gasteiger partial charge in [-0.2, -0.15) is 5.10 Å². The molecule has 1 saturated heterocycles. The summed E-state index contributed by atoms with van der Waals surface area (Å²) in [6.07, 6.45) is 6.08. The summed E-state index contributed by atoms with van der Waals surface area (Å²) in [5.74, 6) is 0.816. The minimum absolute atomic E-state index is 0.0527. The summed E-state index contributed by atoms with van der Waals surface area (Å²) in [5, 5.41) is 7.82. The highest BCUT2D eigenvalue weighted by molar-refractivity contribution is 6.30. The number of likely N-dealkylation sites (tertiary alicyclic amines) is 1. The molecule has 2 aliphatic rings. The van der Waals surface area contributed by atoms with Gasteiger partial charge in [0.15, 0.2) is 0 Å². The van der Waals surface area contributed by atoms with Crippen molar-refractivity contribution in [3.63, 3.8) is 0 Å². The maximum atomic E-state index is 6.80. The van der Waals surface area contributed by atoms with Crippen molar-refractivity contribution in [2.75, 3.05) is 13.1 Å². The van der Waals surface area contributed by atoms with Crippen molar-refractivity contribution < 1.29 is 4.74 Å². The molecule has 2 heterocycles. The molecule has 0 spiro atoms. The van der Waals surface area contributed by atoms with Crippen molar-refractivity contribution in [1.82, 2.24) is 15.1 Å². The highest BCUT2D eigenvalue weighted by Crippen LogP contribution is 2.40. The summed E-state index contributed by atoms with van der Waals surface area (Å²) in [6.45, 7) is 2.01. The van der Waals surface area contributed by atoms with Gasteiger partial charge in [0.05, 0.1) is 11.7 Å². The molecule has 2 aromatic carbocycles. The lowest BCUT2D eigenvalue weighted by Gasteiger charge is -2.43. The van der Waals surface area contributed by atoms with Crippen LogP contribution in [0.2, 0.25) is 5.02 Å². The van der Waals surface area contributed by atoms with Crippen LogP contribution < -0.4 is 10.5 Å². The van der Waals surface area contributed by atoms with Crippen LogP contribution in [0.15, 0.2) is 54.7 Å².